The molecule has 13 heteroatoms. The van der Waals surface area contributed by atoms with Crippen molar-refractivity contribution >= 4 is 61.4 Å². The fourth-order valence-electron chi connectivity index (χ4n) is 11.4. The van der Waals surface area contributed by atoms with Gasteiger partial charge in [-0.2, -0.15) is 0 Å². The second kappa shape index (κ2) is 14.1. The van der Waals surface area contributed by atoms with Crippen LogP contribution in [-0.2, 0) is 29.2 Å². The Kier molecular flexibility index (Phi) is 9.44. The predicted octanol–water partition coefficient (Wildman–Crippen LogP) is 5.92. The third kappa shape index (κ3) is 6.74. The molecule has 1 aromatic heterocycles. The summed E-state index contributed by atoms with van der Waals surface area (Å²) in [6.45, 7) is 9.74. The van der Waals surface area contributed by atoms with Gasteiger partial charge in [0.15, 0.2) is 5.78 Å². The van der Waals surface area contributed by atoms with Gasteiger partial charge in [0.05, 0.1) is 39.7 Å². The van der Waals surface area contributed by atoms with Crippen LogP contribution in [0.15, 0.2) is 61.2 Å². The van der Waals surface area contributed by atoms with Gasteiger partial charge in [-0.1, -0.05) is 63.2 Å². The molecule has 2 aromatic carbocycles. The van der Waals surface area contributed by atoms with Crippen LogP contribution >= 0.6 is 0 Å². The zero-order valence-electron chi connectivity index (χ0n) is 33.7. The quantitative estimate of drug-likeness (QED) is 0.228. The van der Waals surface area contributed by atoms with E-state index in [9.17, 15) is 27.6 Å². The molecule has 3 saturated heterocycles. The maximum Gasteiger partial charge on any atom is 0.326 e. The average molecular weight is 810 g/mol. The summed E-state index contributed by atoms with van der Waals surface area (Å²) in [7, 11) is -3.87. The minimum absolute atomic E-state index is 0.0142. The molecule has 308 valence electrons. The standard InChI is InChI=1S/C45H55N5O7S/c1-5-28-23-45(28,42(54)47-58(56,57)32-14-15-32)24-39(51)38-21-29(46-43(55)50-36-12-8-6-10-33(36)34-11-7-9-13-37(34)50)25-48(38)41(53)35(44(2,3)4)22-40(52)49-30-17-26-16-27(19-30)20-31(49)18-26/h5-13,26-32,35,38H,1,14-25H2,2-4H3,(H,46,55)(H,47,54)/t26?,27?,28-,29-,30?,31?,35-,38+,45-/m1/s1. The molecular formula is C45H55N5O7S. The smallest absolute Gasteiger partial charge is 0.326 e. The summed E-state index contributed by atoms with van der Waals surface area (Å²) in [5.41, 5.74) is -0.486. The van der Waals surface area contributed by atoms with Crippen molar-refractivity contribution in [1.29, 1.82) is 0 Å². The van der Waals surface area contributed by atoms with Gasteiger partial charge in [-0.3, -0.25) is 28.5 Å². The Bertz CT molecular complexity index is 2260. The van der Waals surface area contributed by atoms with Gasteiger partial charge in [0, 0.05) is 42.2 Å². The van der Waals surface area contributed by atoms with Gasteiger partial charge < -0.3 is 15.1 Å². The van der Waals surface area contributed by atoms with Crippen molar-refractivity contribution in [2.24, 2.45) is 34.5 Å². The van der Waals surface area contributed by atoms with Crippen molar-refractivity contribution < 1.29 is 32.4 Å². The highest BCUT2D eigenvalue weighted by Crippen LogP contribution is 2.57. The number of carbonyl (C=O) groups excluding carboxylic acids is 5. The first-order valence-corrected chi connectivity index (χ1v) is 22.7. The lowest BCUT2D eigenvalue weighted by Crippen LogP contribution is -2.60. The van der Waals surface area contributed by atoms with Crippen LogP contribution in [0.1, 0.15) is 91.4 Å². The zero-order valence-corrected chi connectivity index (χ0v) is 34.5. The Labute approximate surface area is 340 Å². The second-order valence-corrected chi connectivity index (χ2v) is 21.4. The number of ketones is 1. The molecule has 4 heterocycles. The first-order chi connectivity index (χ1) is 27.6. The summed E-state index contributed by atoms with van der Waals surface area (Å²) >= 11 is 0. The van der Waals surface area contributed by atoms with E-state index in [0.29, 0.717) is 24.7 Å². The van der Waals surface area contributed by atoms with Crippen molar-refractivity contribution in [2.45, 2.75) is 121 Å². The molecule has 4 saturated carbocycles. The van der Waals surface area contributed by atoms with Crippen LogP contribution in [0.5, 0.6) is 0 Å². The van der Waals surface area contributed by atoms with E-state index in [1.165, 1.54) is 11.3 Å². The van der Waals surface area contributed by atoms with Gasteiger partial charge in [0.2, 0.25) is 27.7 Å². The Morgan fingerprint density at radius 2 is 1.47 bits per heavy atom. The summed E-state index contributed by atoms with van der Waals surface area (Å²) in [6, 6.07) is 13.7. The highest BCUT2D eigenvalue weighted by atomic mass is 32.2. The summed E-state index contributed by atoms with van der Waals surface area (Å²) in [6.07, 6.45) is 8.00. The molecule has 58 heavy (non-hydrogen) atoms. The monoisotopic (exact) mass is 809 g/mol. The molecule has 2 N–H and O–H groups in total. The molecule has 10 rings (SSSR count). The van der Waals surface area contributed by atoms with Crippen molar-refractivity contribution in [2.75, 3.05) is 6.54 Å². The molecule has 0 unspecified atom stereocenters. The lowest BCUT2D eigenvalue weighted by atomic mass is 9.63. The van der Waals surface area contributed by atoms with Gasteiger partial charge in [-0.25, -0.2) is 13.2 Å². The first-order valence-electron chi connectivity index (χ1n) is 21.2. The van der Waals surface area contributed by atoms with E-state index in [1.807, 2.05) is 69.3 Å². The predicted molar refractivity (Wildman–Crippen MR) is 220 cm³/mol. The molecule has 4 amide bonds. The zero-order chi connectivity index (χ0) is 40.9. The summed E-state index contributed by atoms with van der Waals surface area (Å²) in [5.74, 6) is -1.25. The maximum atomic E-state index is 15.1. The van der Waals surface area contributed by atoms with Crippen LogP contribution in [0.2, 0.25) is 0 Å². The molecule has 7 aliphatic rings. The summed E-state index contributed by atoms with van der Waals surface area (Å²) in [4.78, 5) is 75.6. The maximum absolute atomic E-state index is 15.1. The number of aromatic nitrogens is 1. The van der Waals surface area contributed by atoms with Crippen molar-refractivity contribution in [3.63, 3.8) is 0 Å². The van der Waals surface area contributed by atoms with E-state index in [4.69, 9.17) is 0 Å². The van der Waals surface area contributed by atoms with Gasteiger partial charge >= 0.3 is 6.03 Å². The van der Waals surface area contributed by atoms with Crippen molar-refractivity contribution in [3.8, 4) is 0 Å². The Morgan fingerprint density at radius 1 is 0.879 bits per heavy atom. The number of Topliss-reactive ketones (excluding diaryl/α,β-unsaturated/α-hetero) is 1. The fraction of sp³-hybridized carbons (Fsp3) is 0.578. The number of carbonyl (C=O) groups is 5. The fourth-order valence-corrected chi connectivity index (χ4v) is 12.7. The van der Waals surface area contributed by atoms with Crippen molar-refractivity contribution in [3.05, 3.63) is 61.2 Å². The largest absolute Gasteiger partial charge is 0.337 e. The normalized spacial score (nSPS) is 30.7. The van der Waals surface area contributed by atoms with E-state index in [1.54, 1.807) is 10.6 Å². The van der Waals surface area contributed by atoms with E-state index < -0.39 is 62.0 Å². The Hall–Kier alpha value is -4.52. The first kappa shape index (κ1) is 39.0. The summed E-state index contributed by atoms with van der Waals surface area (Å²) < 4.78 is 29.6. The highest BCUT2D eigenvalue weighted by molar-refractivity contribution is 7.90. The molecule has 3 aliphatic heterocycles. The SMILES string of the molecule is C=C[C@@H]1C[C@]1(CC(=O)[C@@H]1C[C@@H](NC(=O)n2c3ccccc3c3ccccc32)CN1C(=O)[C@@H](CC(=O)N1C2CC3CC(C2)CC1C3)C(C)(C)C)C(=O)NS(=O)(=O)C1CC1. The number of sulfonamides is 1. The van der Waals surface area contributed by atoms with Crippen LogP contribution < -0.4 is 10.0 Å². The third-order valence-electron chi connectivity index (χ3n) is 14.5. The van der Waals surface area contributed by atoms with Crippen LogP contribution in [0.3, 0.4) is 0 Å². The molecule has 4 aliphatic carbocycles. The number of para-hydroxylation sites is 2. The summed E-state index contributed by atoms with van der Waals surface area (Å²) in [5, 5.41) is 4.37. The topological polar surface area (TPSA) is 155 Å². The molecule has 3 aromatic rings. The number of allylic oxidation sites excluding steroid dienone is 1. The third-order valence-corrected chi connectivity index (χ3v) is 16.3. The molecular weight excluding hydrogens is 755 g/mol. The number of nitrogens with zero attached hydrogens (tertiary/aromatic N) is 3. The number of amides is 4. The van der Waals surface area contributed by atoms with E-state index in [2.05, 4.69) is 21.5 Å². The van der Waals surface area contributed by atoms with E-state index in [-0.39, 0.29) is 61.9 Å². The number of piperidine rings is 2. The number of benzene rings is 2. The number of likely N-dealkylation sites (tertiary alicyclic amines) is 1. The molecule has 0 radical (unpaired) electrons. The molecule has 5 atom stereocenters. The van der Waals surface area contributed by atoms with Gasteiger partial charge in [-0.05, 0) is 93.1 Å². The lowest BCUT2D eigenvalue weighted by Gasteiger charge is -2.56. The Balaban J connectivity index is 1.00. The van der Waals surface area contributed by atoms with E-state index >= 15 is 4.79 Å². The molecule has 0 spiro atoms. The molecule has 7 fully saturated rings. The van der Waals surface area contributed by atoms with Crippen LogP contribution in [0, 0.1) is 34.5 Å². The van der Waals surface area contributed by atoms with Gasteiger partial charge in [0.25, 0.3) is 0 Å². The van der Waals surface area contributed by atoms with E-state index in [0.717, 1.165) is 47.5 Å². The molecule has 4 bridgehead atoms. The van der Waals surface area contributed by atoms with Crippen LogP contribution in [-0.4, -0.2) is 88.3 Å². The van der Waals surface area contributed by atoms with Gasteiger partial charge in [-0.15, -0.1) is 6.58 Å². The average Bonchev–Trinajstić information content (AvgIpc) is 4.08. The van der Waals surface area contributed by atoms with Crippen LogP contribution in [0.4, 0.5) is 4.79 Å². The minimum Gasteiger partial charge on any atom is -0.337 e. The van der Waals surface area contributed by atoms with Crippen molar-refractivity contribution in [1.82, 2.24) is 24.4 Å². The second-order valence-electron chi connectivity index (χ2n) is 19.4. The number of fused-ring (bicyclic) bond motifs is 3. The lowest BCUT2D eigenvalue weighted by molar-refractivity contribution is -0.156. The van der Waals surface area contributed by atoms with Gasteiger partial charge in [0.1, 0.15) is 0 Å². The van der Waals surface area contributed by atoms with Crippen LogP contribution in [0.25, 0.3) is 21.8 Å². The number of hydrogen-bond acceptors (Lipinski definition) is 7. The molecule has 12 nitrogen and oxygen atoms in total. The number of rotatable bonds is 11. The highest BCUT2D eigenvalue weighted by Gasteiger charge is 2.61. The minimum atomic E-state index is -3.87. The Morgan fingerprint density at radius 3 is 2.00 bits per heavy atom. The number of hydrogen-bond donors (Lipinski definition) is 2. The number of nitrogens with one attached hydrogen (secondary N) is 2.